The molecule has 0 unspecified atom stereocenters. The van der Waals surface area contributed by atoms with Crippen molar-refractivity contribution in [3.05, 3.63) is 29.3 Å². The van der Waals surface area contributed by atoms with Gasteiger partial charge in [-0.2, -0.15) is 0 Å². The number of piperidine rings is 1. The van der Waals surface area contributed by atoms with Gasteiger partial charge in [0.05, 0.1) is 44.4 Å². The number of anilines is 1. The smallest absolute Gasteiger partial charge is 0.322 e. The van der Waals surface area contributed by atoms with Gasteiger partial charge in [0.2, 0.25) is 5.91 Å². The molecule has 0 aromatic heterocycles. The highest BCUT2D eigenvalue weighted by Crippen LogP contribution is 2.29. The SMILES string of the molecule is O=C(C[C@@H]1CC[C@H]2[C@@H](COC[C@@H](O)CN2C(=O)Nc2cccc(Cl)c2)O1)N1CCCCC1. The molecule has 3 heterocycles. The van der Waals surface area contributed by atoms with Gasteiger partial charge in [0, 0.05) is 23.8 Å². The topological polar surface area (TPSA) is 91.3 Å². The number of hydrogen-bond donors (Lipinski definition) is 2. The maximum atomic E-state index is 13.1. The van der Waals surface area contributed by atoms with Gasteiger partial charge in [-0.15, -0.1) is 0 Å². The van der Waals surface area contributed by atoms with Crippen LogP contribution in [0.2, 0.25) is 5.02 Å². The molecule has 3 saturated heterocycles. The average Bonchev–Trinajstić information content (AvgIpc) is 2.77. The molecule has 3 amide bonds. The van der Waals surface area contributed by atoms with Crippen LogP contribution in [-0.4, -0.2) is 84.0 Å². The number of amides is 3. The van der Waals surface area contributed by atoms with Crippen LogP contribution in [0.4, 0.5) is 10.5 Å². The van der Waals surface area contributed by atoms with Crippen LogP contribution in [0.1, 0.15) is 38.5 Å². The largest absolute Gasteiger partial charge is 0.389 e. The molecule has 4 rings (SSSR count). The second kappa shape index (κ2) is 10.8. The van der Waals surface area contributed by atoms with Gasteiger partial charge in [0.15, 0.2) is 0 Å². The van der Waals surface area contributed by atoms with E-state index in [1.54, 1.807) is 29.2 Å². The fourth-order valence-electron chi connectivity index (χ4n) is 4.80. The molecular weight excluding hydrogens is 434 g/mol. The summed E-state index contributed by atoms with van der Waals surface area (Å²) in [6.45, 7) is 2.21. The molecule has 0 radical (unpaired) electrons. The van der Waals surface area contributed by atoms with E-state index in [2.05, 4.69) is 5.32 Å². The van der Waals surface area contributed by atoms with E-state index in [1.165, 1.54) is 6.42 Å². The first-order chi connectivity index (χ1) is 15.5. The number of fused-ring (bicyclic) bond motifs is 1. The van der Waals surface area contributed by atoms with Crippen molar-refractivity contribution in [2.75, 3.05) is 38.2 Å². The van der Waals surface area contributed by atoms with Crippen molar-refractivity contribution in [2.24, 2.45) is 0 Å². The Morgan fingerprint density at radius 1 is 1.16 bits per heavy atom. The van der Waals surface area contributed by atoms with Gasteiger partial charge in [-0.25, -0.2) is 4.79 Å². The van der Waals surface area contributed by atoms with Crippen LogP contribution < -0.4 is 5.32 Å². The van der Waals surface area contributed by atoms with Crippen molar-refractivity contribution in [1.29, 1.82) is 0 Å². The Hall–Kier alpha value is -1.87. The van der Waals surface area contributed by atoms with Crippen LogP contribution in [0, 0.1) is 0 Å². The standard InChI is InChI=1S/C23H32ClN3O5/c24-16-5-4-6-17(11-16)25-23(30)27-13-18(28)14-31-15-21-20(27)8-7-19(32-21)12-22(29)26-9-2-1-3-10-26/h4-6,11,18-21,28H,1-3,7-10,12-15H2,(H,25,30)/t18-,19-,20-,21+/m0/s1. The van der Waals surface area contributed by atoms with Crippen molar-refractivity contribution < 1.29 is 24.2 Å². The third-order valence-electron chi connectivity index (χ3n) is 6.43. The van der Waals surface area contributed by atoms with Crippen molar-refractivity contribution >= 4 is 29.2 Å². The number of nitrogens with zero attached hydrogens (tertiary/aromatic N) is 2. The summed E-state index contributed by atoms with van der Waals surface area (Å²) < 4.78 is 11.9. The second-order valence-electron chi connectivity index (χ2n) is 8.87. The van der Waals surface area contributed by atoms with Crippen LogP contribution in [-0.2, 0) is 14.3 Å². The van der Waals surface area contributed by atoms with Gasteiger partial charge in [0.25, 0.3) is 0 Å². The van der Waals surface area contributed by atoms with Gasteiger partial charge in [-0.3, -0.25) is 4.79 Å². The fraction of sp³-hybridized carbons (Fsp3) is 0.652. The van der Waals surface area contributed by atoms with Crippen molar-refractivity contribution in [3.8, 4) is 0 Å². The van der Waals surface area contributed by atoms with E-state index in [9.17, 15) is 14.7 Å². The third-order valence-corrected chi connectivity index (χ3v) is 6.66. The molecule has 176 valence electrons. The van der Waals surface area contributed by atoms with E-state index in [4.69, 9.17) is 21.1 Å². The Kier molecular flexibility index (Phi) is 7.88. The number of aliphatic hydroxyl groups is 1. The summed E-state index contributed by atoms with van der Waals surface area (Å²) in [5.41, 5.74) is 0.591. The number of halogens is 1. The minimum absolute atomic E-state index is 0.130. The molecule has 9 heteroatoms. The zero-order chi connectivity index (χ0) is 22.5. The fourth-order valence-corrected chi connectivity index (χ4v) is 4.99. The van der Waals surface area contributed by atoms with E-state index in [0.717, 1.165) is 25.9 Å². The predicted molar refractivity (Wildman–Crippen MR) is 121 cm³/mol. The third kappa shape index (κ3) is 5.92. The zero-order valence-electron chi connectivity index (χ0n) is 18.2. The van der Waals surface area contributed by atoms with Crippen molar-refractivity contribution in [3.63, 3.8) is 0 Å². The lowest BCUT2D eigenvalue weighted by Gasteiger charge is -2.44. The molecule has 2 N–H and O–H groups in total. The number of nitrogens with one attached hydrogen (secondary N) is 1. The van der Waals surface area contributed by atoms with Gasteiger partial charge in [-0.05, 0) is 50.3 Å². The van der Waals surface area contributed by atoms with Crippen LogP contribution in [0.15, 0.2) is 24.3 Å². The highest BCUT2D eigenvalue weighted by molar-refractivity contribution is 6.30. The second-order valence-corrected chi connectivity index (χ2v) is 9.31. The summed E-state index contributed by atoms with van der Waals surface area (Å²) in [4.78, 5) is 29.4. The number of likely N-dealkylation sites (tertiary alicyclic amines) is 1. The monoisotopic (exact) mass is 465 g/mol. The first kappa shape index (κ1) is 23.3. The minimum Gasteiger partial charge on any atom is -0.389 e. The molecule has 0 spiro atoms. The Morgan fingerprint density at radius 3 is 2.75 bits per heavy atom. The molecule has 32 heavy (non-hydrogen) atoms. The number of urea groups is 1. The molecule has 3 aliphatic heterocycles. The van der Waals surface area contributed by atoms with E-state index in [1.807, 2.05) is 4.90 Å². The number of carbonyl (C=O) groups excluding carboxylic acids is 2. The maximum absolute atomic E-state index is 13.1. The quantitative estimate of drug-likeness (QED) is 0.716. The van der Waals surface area contributed by atoms with Gasteiger partial charge in [-0.1, -0.05) is 17.7 Å². The molecule has 1 aromatic carbocycles. The van der Waals surface area contributed by atoms with Crippen molar-refractivity contribution in [1.82, 2.24) is 9.80 Å². The summed E-state index contributed by atoms with van der Waals surface area (Å²) in [6, 6.07) is 6.40. The minimum atomic E-state index is -0.778. The molecule has 1 aromatic rings. The number of rotatable bonds is 3. The summed E-state index contributed by atoms with van der Waals surface area (Å²) in [5, 5.41) is 13.7. The van der Waals surface area contributed by atoms with Crippen LogP contribution >= 0.6 is 11.6 Å². The van der Waals surface area contributed by atoms with E-state index >= 15 is 0 Å². The summed E-state index contributed by atoms with van der Waals surface area (Å²) in [5.74, 6) is 0.144. The molecule has 0 saturated carbocycles. The number of carbonyl (C=O) groups is 2. The number of β-amino-alcohol motifs (C(OH)–C–C–N with tert-alkyl or cyclic N) is 1. The highest BCUT2D eigenvalue weighted by atomic mass is 35.5. The van der Waals surface area contributed by atoms with Gasteiger partial charge in [0.1, 0.15) is 6.10 Å². The Morgan fingerprint density at radius 2 is 1.97 bits per heavy atom. The number of ether oxygens (including phenoxy) is 2. The molecule has 0 bridgehead atoms. The molecule has 4 atom stereocenters. The van der Waals surface area contributed by atoms with E-state index in [-0.39, 0.29) is 49.9 Å². The highest BCUT2D eigenvalue weighted by Gasteiger charge is 2.40. The maximum Gasteiger partial charge on any atom is 0.322 e. The number of hydrogen-bond acceptors (Lipinski definition) is 5. The van der Waals surface area contributed by atoms with E-state index in [0.29, 0.717) is 30.0 Å². The Bertz CT molecular complexity index is 804. The Labute approximate surface area is 193 Å². The lowest BCUT2D eigenvalue weighted by atomic mass is 9.94. The predicted octanol–water partition coefficient (Wildman–Crippen LogP) is 2.88. The molecular formula is C23H32ClN3O5. The van der Waals surface area contributed by atoms with E-state index < -0.39 is 6.10 Å². The van der Waals surface area contributed by atoms with Gasteiger partial charge >= 0.3 is 6.03 Å². The molecule has 3 fully saturated rings. The summed E-state index contributed by atoms with van der Waals surface area (Å²) >= 11 is 6.04. The molecule has 3 aliphatic rings. The first-order valence-corrected chi connectivity index (χ1v) is 11.9. The van der Waals surface area contributed by atoms with Crippen molar-refractivity contribution in [2.45, 2.75) is 62.9 Å². The van der Waals surface area contributed by atoms with Gasteiger partial charge < -0.3 is 29.7 Å². The van der Waals surface area contributed by atoms with Crippen LogP contribution in [0.3, 0.4) is 0 Å². The summed E-state index contributed by atoms with van der Waals surface area (Å²) in [7, 11) is 0. The average molecular weight is 466 g/mol. The number of aliphatic hydroxyl groups excluding tert-OH is 1. The Balaban J connectivity index is 1.41. The lowest BCUT2D eigenvalue weighted by molar-refractivity contribution is -0.154. The first-order valence-electron chi connectivity index (χ1n) is 11.5. The molecule has 8 nitrogen and oxygen atoms in total. The zero-order valence-corrected chi connectivity index (χ0v) is 19.0. The van der Waals surface area contributed by atoms with Crippen LogP contribution in [0.5, 0.6) is 0 Å². The summed E-state index contributed by atoms with van der Waals surface area (Å²) in [6.07, 6.45) is 3.73. The normalized spacial score (nSPS) is 28.9. The van der Waals surface area contributed by atoms with Crippen LogP contribution in [0.25, 0.3) is 0 Å². The molecule has 0 aliphatic carbocycles. The number of benzene rings is 1. The lowest BCUT2D eigenvalue weighted by Crippen LogP contribution is -2.58.